The molecule has 0 saturated carbocycles. The molecule has 7 heteroatoms. The number of nitrogens with zero attached hydrogens (tertiary/aromatic N) is 1. The molecule has 1 aliphatic heterocycles. The molecule has 0 unspecified atom stereocenters. The maximum atomic E-state index is 12.7. The van der Waals surface area contributed by atoms with Crippen LogP contribution in [0.5, 0.6) is 0 Å². The van der Waals surface area contributed by atoms with Gasteiger partial charge in [0.25, 0.3) is 11.1 Å². The SMILES string of the molecule is Cc1ccc(-c2ccc(/C=C3\SC(=O)N(Cc4cccc(Cl)c4)C3=O)o2)cc1Cl. The molecule has 4 rings (SSSR count). The van der Waals surface area contributed by atoms with Gasteiger partial charge in [-0.05, 0) is 60.1 Å². The van der Waals surface area contributed by atoms with Gasteiger partial charge in [0.2, 0.25) is 0 Å². The standard InChI is InChI=1S/C22H15Cl2NO3S/c1-13-5-6-15(10-18(13)24)19-8-7-17(28-19)11-20-21(26)25(22(27)29-20)12-14-3-2-4-16(23)9-14/h2-11H,12H2,1H3/b20-11-. The molecule has 0 aliphatic carbocycles. The molecule has 29 heavy (non-hydrogen) atoms. The van der Waals surface area contributed by atoms with E-state index in [9.17, 15) is 9.59 Å². The second-order valence-electron chi connectivity index (χ2n) is 6.56. The quantitative estimate of drug-likeness (QED) is 0.416. The summed E-state index contributed by atoms with van der Waals surface area (Å²) in [7, 11) is 0. The maximum absolute atomic E-state index is 12.7. The van der Waals surface area contributed by atoms with Gasteiger partial charge in [-0.1, -0.05) is 47.5 Å². The Balaban J connectivity index is 1.54. The molecule has 3 aromatic rings. The lowest BCUT2D eigenvalue weighted by atomic mass is 10.1. The van der Waals surface area contributed by atoms with E-state index in [-0.39, 0.29) is 17.7 Å². The van der Waals surface area contributed by atoms with Gasteiger partial charge in [0.05, 0.1) is 11.4 Å². The number of aryl methyl sites for hydroxylation is 1. The minimum absolute atomic E-state index is 0.174. The average molecular weight is 444 g/mol. The minimum Gasteiger partial charge on any atom is -0.457 e. The zero-order valence-corrected chi connectivity index (χ0v) is 17.6. The van der Waals surface area contributed by atoms with Gasteiger partial charge in [-0.25, -0.2) is 0 Å². The van der Waals surface area contributed by atoms with E-state index in [2.05, 4.69) is 0 Å². The Morgan fingerprint density at radius 3 is 2.66 bits per heavy atom. The third-order valence-corrected chi connectivity index (χ3v) is 6.01. The van der Waals surface area contributed by atoms with Crippen LogP contribution in [0.1, 0.15) is 16.9 Å². The number of thioether (sulfide) groups is 1. The van der Waals surface area contributed by atoms with E-state index in [1.807, 2.05) is 37.3 Å². The highest BCUT2D eigenvalue weighted by Crippen LogP contribution is 2.35. The molecule has 1 aliphatic rings. The summed E-state index contributed by atoms with van der Waals surface area (Å²) in [6.45, 7) is 2.10. The number of hydrogen-bond acceptors (Lipinski definition) is 4. The largest absolute Gasteiger partial charge is 0.457 e. The Bertz CT molecular complexity index is 1150. The van der Waals surface area contributed by atoms with Crippen LogP contribution in [-0.4, -0.2) is 16.0 Å². The smallest absolute Gasteiger partial charge is 0.293 e. The molecule has 2 aromatic carbocycles. The summed E-state index contributed by atoms with van der Waals surface area (Å²) < 4.78 is 5.83. The summed E-state index contributed by atoms with van der Waals surface area (Å²) in [5.41, 5.74) is 2.61. The summed E-state index contributed by atoms with van der Waals surface area (Å²) in [6.07, 6.45) is 1.59. The summed E-state index contributed by atoms with van der Waals surface area (Å²) in [4.78, 5) is 26.5. The van der Waals surface area contributed by atoms with E-state index >= 15 is 0 Å². The fraction of sp³-hybridized carbons (Fsp3) is 0.0909. The van der Waals surface area contributed by atoms with Crippen LogP contribution in [-0.2, 0) is 11.3 Å². The van der Waals surface area contributed by atoms with E-state index in [0.717, 1.165) is 28.5 Å². The van der Waals surface area contributed by atoms with Crippen molar-refractivity contribution in [3.63, 3.8) is 0 Å². The van der Waals surface area contributed by atoms with E-state index in [0.29, 0.717) is 26.5 Å². The Kier molecular flexibility index (Phi) is 5.54. The molecule has 0 bridgehead atoms. The first-order chi connectivity index (χ1) is 13.9. The molecule has 146 valence electrons. The number of carbonyl (C=O) groups excluding carboxylic acids is 2. The van der Waals surface area contributed by atoms with Crippen LogP contribution in [0.25, 0.3) is 17.4 Å². The van der Waals surface area contributed by atoms with Crippen molar-refractivity contribution >= 4 is 52.2 Å². The Morgan fingerprint density at radius 1 is 1.07 bits per heavy atom. The van der Waals surface area contributed by atoms with Gasteiger partial charge in [0.1, 0.15) is 11.5 Å². The van der Waals surface area contributed by atoms with Crippen LogP contribution in [0, 0.1) is 6.92 Å². The van der Waals surface area contributed by atoms with Gasteiger partial charge in [0, 0.05) is 21.7 Å². The zero-order chi connectivity index (χ0) is 20.5. The fourth-order valence-corrected chi connectivity index (χ4v) is 4.13. The molecule has 1 aromatic heterocycles. The topological polar surface area (TPSA) is 50.5 Å². The number of rotatable bonds is 4. The number of hydrogen-bond donors (Lipinski definition) is 0. The first-order valence-electron chi connectivity index (χ1n) is 8.77. The van der Waals surface area contributed by atoms with E-state index in [1.165, 1.54) is 4.90 Å². The van der Waals surface area contributed by atoms with Crippen LogP contribution >= 0.6 is 35.0 Å². The highest BCUT2D eigenvalue weighted by molar-refractivity contribution is 8.18. The van der Waals surface area contributed by atoms with Crippen molar-refractivity contribution in [2.75, 3.05) is 0 Å². The van der Waals surface area contributed by atoms with Crippen molar-refractivity contribution in [1.29, 1.82) is 0 Å². The molecule has 0 radical (unpaired) electrons. The van der Waals surface area contributed by atoms with Crippen molar-refractivity contribution in [3.05, 3.63) is 86.4 Å². The minimum atomic E-state index is -0.351. The highest BCUT2D eigenvalue weighted by atomic mass is 35.5. The number of amides is 2. The second-order valence-corrected chi connectivity index (χ2v) is 8.40. The van der Waals surface area contributed by atoms with Crippen molar-refractivity contribution in [2.24, 2.45) is 0 Å². The van der Waals surface area contributed by atoms with Gasteiger partial charge in [-0.15, -0.1) is 0 Å². The number of imide groups is 1. The van der Waals surface area contributed by atoms with E-state index < -0.39 is 0 Å². The van der Waals surface area contributed by atoms with Crippen molar-refractivity contribution in [3.8, 4) is 11.3 Å². The van der Waals surface area contributed by atoms with E-state index in [4.69, 9.17) is 27.6 Å². The van der Waals surface area contributed by atoms with Gasteiger partial charge in [0.15, 0.2) is 0 Å². The lowest BCUT2D eigenvalue weighted by Crippen LogP contribution is -2.27. The average Bonchev–Trinajstić information content (AvgIpc) is 3.25. The van der Waals surface area contributed by atoms with Crippen molar-refractivity contribution < 1.29 is 14.0 Å². The number of carbonyl (C=O) groups is 2. The van der Waals surface area contributed by atoms with Gasteiger partial charge < -0.3 is 4.42 Å². The summed E-state index contributed by atoms with van der Waals surface area (Å²) in [5.74, 6) is 0.776. The Morgan fingerprint density at radius 2 is 1.90 bits per heavy atom. The molecule has 1 fully saturated rings. The molecular formula is C22H15Cl2NO3S. The predicted octanol–water partition coefficient (Wildman–Crippen LogP) is 6.80. The maximum Gasteiger partial charge on any atom is 0.293 e. The number of halogens is 2. The van der Waals surface area contributed by atoms with Crippen molar-refractivity contribution in [1.82, 2.24) is 4.90 Å². The lowest BCUT2D eigenvalue weighted by molar-refractivity contribution is -0.123. The predicted molar refractivity (Wildman–Crippen MR) is 117 cm³/mol. The van der Waals surface area contributed by atoms with E-state index in [1.54, 1.807) is 30.3 Å². The molecule has 0 N–H and O–H groups in total. The molecule has 1 saturated heterocycles. The second kappa shape index (κ2) is 8.11. The first kappa shape index (κ1) is 19.8. The van der Waals surface area contributed by atoms with Crippen LogP contribution in [0.2, 0.25) is 10.0 Å². The van der Waals surface area contributed by atoms with Crippen LogP contribution in [0.3, 0.4) is 0 Å². The van der Waals surface area contributed by atoms with Crippen LogP contribution in [0.15, 0.2) is 63.9 Å². The normalized spacial score (nSPS) is 15.6. The molecule has 0 spiro atoms. The third kappa shape index (κ3) is 4.27. The third-order valence-electron chi connectivity index (χ3n) is 4.46. The summed E-state index contributed by atoms with van der Waals surface area (Å²) in [6, 6.07) is 16.3. The van der Waals surface area contributed by atoms with Gasteiger partial charge in [-0.2, -0.15) is 0 Å². The monoisotopic (exact) mass is 443 g/mol. The highest BCUT2D eigenvalue weighted by Gasteiger charge is 2.35. The molecule has 2 amide bonds. The summed E-state index contributed by atoms with van der Waals surface area (Å²) in [5, 5.41) is 0.894. The fourth-order valence-electron chi connectivity index (χ4n) is 2.92. The van der Waals surface area contributed by atoms with Crippen LogP contribution in [0.4, 0.5) is 4.79 Å². The Hall–Kier alpha value is -2.47. The van der Waals surface area contributed by atoms with Crippen molar-refractivity contribution in [2.45, 2.75) is 13.5 Å². The summed E-state index contributed by atoms with van der Waals surface area (Å²) >= 11 is 13.1. The first-order valence-corrected chi connectivity index (χ1v) is 10.3. The van der Waals surface area contributed by atoms with Gasteiger partial charge in [-0.3, -0.25) is 14.5 Å². The lowest BCUT2D eigenvalue weighted by Gasteiger charge is -2.12. The van der Waals surface area contributed by atoms with Crippen LogP contribution < -0.4 is 0 Å². The number of furan rings is 1. The van der Waals surface area contributed by atoms with Gasteiger partial charge >= 0.3 is 0 Å². The molecule has 0 atom stereocenters. The molecular weight excluding hydrogens is 429 g/mol. The number of benzene rings is 2. The molecule has 2 heterocycles. The Labute approximate surface area is 182 Å². The zero-order valence-electron chi connectivity index (χ0n) is 15.3. The molecule has 4 nitrogen and oxygen atoms in total.